The third kappa shape index (κ3) is 2.08. The van der Waals surface area contributed by atoms with E-state index in [0.717, 1.165) is 18.5 Å². The Hall–Kier alpha value is -0.340. The van der Waals surface area contributed by atoms with Crippen LogP contribution in [0.15, 0.2) is 12.7 Å². The minimum absolute atomic E-state index is 0.727. The van der Waals surface area contributed by atoms with Gasteiger partial charge in [0.1, 0.15) is 0 Å². The molecular weight excluding hydrogens is 148 g/mol. The number of hydrogen-bond acceptors (Lipinski definition) is 2. The van der Waals surface area contributed by atoms with E-state index in [4.69, 9.17) is 0 Å². The third-order valence-electron chi connectivity index (χ3n) is 2.70. The molecule has 1 saturated heterocycles. The van der Waals surface area contributed by atoms with Crippen molar-refractivity contribution >= 4 is 0 Å². The summed E-state index contributed by atoms with van der Waals surface area (Å²) in [5, 5.41) is 0. The summed E-state index contributed by atoms with van der Waals surface area (Å²) < 4.78 is 0. The number of nitrogens with zero attached hydrogens (tertiary/aromatic N) is 2. The molecule has 12 heavy (non-hydrogen) atoms. The van der Waals surface area contributed by atoms with Gasteiger partial charge in [-0.15, -0.1) is 6.58 Å². The van der Waals surface area contributed by atoms with Crippen LogP contribution in [0.25, 0.3) is 0 Å². The standard InChI is InChI=1S/C10H20N2/c1-5-6-12-7-9(2)10(8-12)11(3)4/h5,9-10H,1,6-8H2,2-4H3. The summed E-state index contributed by atoms with van der Waals surface area (Å²) in [6.07, 6.45) is 1.99. The molecule has 1 aliphatic heterocycles. The second-order valence-corrected chi connectivity index (χ2v) is 4.02. The van der Waals surface area contributed by atoms with Crippen molar-refractivity contribution in [3.8, 4) is 0 Å². The van der Waals surface area contributed by atoms with Crippen LogP contribution in [-0.4, -0.2) is 49.6 Å². The van der Waals surface area contributed by atoms with E-state index in [0.29, 0.717) is 0 Å². The van der Waals surface area contributed by atoms with Crippen LogP contribution in [0.4, 0.5) is 0 Å². The summed E-state index contributed by atoms with van der Waals surface area (Å²) in [4.78, 5) is 4.79. The topological polar surface area (TPSA) is 6.48 Å². The molecule has 1 aliphatic rings. The zero-order chi connectivity index (χ0) is 9.14. The maximum Gasteiger partial charge on any atom is 0.0254 e. The van der Waals surface area contributed by atoms with Crippen LogP contribution in [0.2, 0.25) is 0 Å². The van der Waals surface area contributed by atoms with E-state index in [-0.39, 0.29) is 0 Å². The van der Waals surface area contributed by atoms with Crippen LogP contribution in [0, 0.1) is 5.92 Å². The highest BCUT2D eigenvalue weighted by molar-refractivity contribution is 4.89. The second kappa shape index (κ2) is 4.06. The van der Waals surface area contributed by atoms with Crippen molar-refractivity contribution in [2.45, 2.75) is 13.0 Å². The summed E-state index contributed by atoms with van der Waals surface area (Å²) >= 11 is 0. The van der Waals surface area contributed by atoms with Gasteiger partial charge in [0.2, 0.25) is 0 Å². The van der Waals surface area contributed by atoms with E-state index in [1.807, 2.05) is 6.08 Å². The molecule has 70 valence electrons. The highest BCUT2D eigenvalue weighted by atomic mass is 15.2. The third-order valence-corrected chi connectivity index (χ3v) is 2.70. The van der Waals surface area contributed by atoms with Crippen LogP contribution < -0.4 is 0 Å². The summed E-state index contributed by atoms with van der Waals surface area (Å²) in [6, 6.07) is 0.727. The van der Waals surface area contributed by atoms with Gasteiger partial charge >= 0.3 is 0 Å². The Kier molecular flexibility index (Phi) is 3.29. The Morgan fingerprint density at radius 1 is 1.50 bits per heavy atom. The molecule has 2 heteroatoms. The molecule has 2 atom stereocenters. The molecule has 0 aromatic rings. The summed E-state index contributed by atoms with van der Waals surface area (Å²) in [6.45, 7) is 9.54. The zero-order valence-corrected chi connectivity index (χ0v) is 8.45. The van der Waals surface area contributed by atoms with Crippen molar-refractivity contribution in [3.05, 3.63) is 12.7 Å². The lowest BCUT2D eigenvalue weighted by atomic mass is 10.1. The van der Waals surface area contributed by atoms with E-state index in [2.05, 4.69) is 37.4 Å². The number of rotatable bonds is 3. The van der Waals surface area contributed by atoms with Crippen molar-refractivity contribution in [2.75, 3.05) is 33.7 Å². The minimum Gasteiger partial charge on any atom is -0.305 e. The van der Waals surface area contributed by atoms with Crippen molar-refractivity contribution in [1.29, 1.82) is 0 Å². The van der Waals surface area contributed by atoms with E-state index in [9.17, 15) is 0 Å². The van der Waals surface area contributed by atoms with Crippen LogP contribution in [0.5, 0.6) is 0 Å². The van der Waals surface area contributed by atoms with Gasteiger partial charge in [0.15, 0.2) is 0 Å². The molecule has 2 unspecified atom stereocenters. The molecule has 0 aromatic heterocycles. The molecule has 0 radical (unpaired) electrons. The molecule has 0 spiro atoms. The highest BCUT2D eigenvalue weighted by Crippen LogP contribution is 2.19. The fourth-order valence-corrected chi connectivity index (χ4v) is 2.05. The van der Waals surface area contributed by atoms with E-state index in [1.165, 1.54) is 13.1 Å². The molecule has 0 bridgehead atoms. The number of likely N-dealkylation sites (N-methyl/N-ethyl adjacent to an activating group) is 1. The lowest BCUT2D eigenvalue weighted by molar-refractivity contribution is 0.256. The average Bonchev–Trinajstić information content (AvgIpc) is 2.32. The summed E-state index contributed by atoms with van der Waals surface area (Å²) in [5.41, 5.74) is 0. The molecule has 0 N–H and O–H groups in total. The Labute approximate surface area is 75.8 Å². The van der Waals surface area contributed by atoms with Gasteiger partial charge in [-0.05, 0) is 20.0 Å². The van der Waals surface area contributed by atoms with Gasteiger partial charge < -0.3 is 4.90 Å². The molecule has 0 amide bonds. The number of likely N-dealkylation sites (tertiary alicyclic amines) is 1. The Bertz CT molecular complexity index is 154. The largest absolute Gasteiger partial charge is 0.305 e. The van der Waals surface area contributed by atoms with E-state index in [1.54, 1.807) is 0 Å². The Balaban J connectivity index is 2.44. The Morgan fingerprint density at radius 2 is 2.17 bits per heavy atom. The molecule has 0 aliphatic carbocycles. The normalized spacial score (nSPS) is 31.3. The first-order valence-electron chi connectivity index (χ1n) is 4.64. The Morgan fingerprint density at radius 3 is 2.58 bits per heavy atom. The first-order valence-corrected chi connectivity index (χ1v) is 4.64. The van der Waals surface area contributed by atoms with E-state index >= 15 is 0 Å². The second-order valence-electron chi connectivity index (χ2n) is 4.02. The summed E-state index contributed by atoms with van der Waals surface area (Å²) in [5.74, 6) is 0.792. The van der Waals surface area contributed by atoms with Crippen LogP contribution >= 0.6 is 0 Å². The monoisotopic (exact) mass is 168 g/mol. The smallest absolute Gasteiger partial charge is 0.0254 e. The maximum absolute atomic E-state index is 3.76. The molecule has 1 heterocycles. The predicted molar refractivity (Wildman–Crippen MR) is 53.3 cm³/mol. The minimum atomic E-state index is 0.727. The molecular formula is C10H20N2. The predicted octanol–water partition coefficient (Wildman–Crippen LogP) is 1.05. The van der Waals surface area contributed by atoms with Crippen molar-refractivity contribution in [1.82, 2.24) is 9.80 Å². The molecule has 0 saturated carbocycles. The van der Waals surface area contributed by atoms with Gasteiger partial charge in [0, 0.05) is 25.7 Å². The van der Waals surface area contributed by atoms with Gasteiger partial charge in [-0.1, -0.05) is 13.0 Å². The van der Waals surface area contributed by atoms with Crippen LogP contribution in [0.3, 0.4) is 0 Å². The van der Waals surface area contributed by atoms with Gasteiger partial charge in [0.05, 0.1) is 0 Å². The highest BCUT2D eigenvalue weighted by Gasteiger charge is 2.29. The lowest BCUT2D eigenvalue weighted by Crippen LogP contribution is -2.34. The number of hydrogen-bond donors (Lipinski definition) is 0. The van der Waals surface area contributed by atoms with Crippen LogP contribution in [-0.2, 0) is 0 Å². The molecule has 1 rings (SSSR count). The molecule has 1 fully saturated rings. The molecule has 0 aromatic carbocycles. The van der Waals surface area contributed by atoms with Gasteiger partial charge in [0.25, 0.3) is 0 Å². The fraction of sp³-hybridized carbons (Fsp3) is 0.800. The van der Waals surface area contributed by atoms with Crippen molar-refractivity contribution in [3.63, 3.8) is 0 Å². The van der Waals surface area contributed by atoms with Crippen molar-refractivity contribution in [2.24, 2.45) is 5.92 Å². The SMILES string of the molecule is C=CCN1CC(C)C(N(C)C)C1. The first kappa shape index (κ1) is 9.75. The average molecular weight is 168 g/mol. The van der Waals surface area contributed by atoms with Crippen LogP contribution in [0.1, 0.15) is 6.92 Å². The fourth-order valence-electron chi connectivity index (χ4n) is 2.05. The molecule has 2 nitrogen and oxygen atoms in total. The maximum atomic E-state index is 3.76. The summed E-state index contributed by atoms with van der Waals surface area (Å²) in [7, 11) is 4.33. The quantitative estimate of drug-likeness (QED) is 0.581. The first-order chi connectivity index (χ1) is 5.65. The lowest BCUT2D eigenvalue weighted by Gasteiger charge is -2.22. The van der Waals surface area contributed by atoms with Crippen molar-refractivity contribution < 1.29 is 0 Å². The van der Waals surface area contributed by atoms with Gasteiger partial charge in [-0.2, -0.15) is 0 Å². The van der Waals surface area contributed by atoms with Gasteiger partial charge in [-0.25, -0.2) is 0 Å². The van der Waals surface area contributed by atoms with E-state index < -0.39 is 0 Å². The van der Waals surface area contributed by atoms with Gasteiger partial charge in [-0.3, -0.25) is 4.90 Å². The zero-order valence-electron chi connectivity index (χ0n) is 8.45.